The van der Waals surface area contributed by atoms with Crippen molar-refractivity contribution in [3.05, 3.63) is 65.7 Å². The molecule has 7 heteroatoms. The topological polar surface area (TPSA) is 74.1 Å². The van der Waals surface area contributed by atoms with Gasteiger partial charge in [0.05, 0.1) is 13.7 Å². The van der Waals surface area contributed by atoms with E-state index in [-0.39, 0.29) is 6.04 Å². The van der Waals surface area contributed by atoms with Crippen molar-refractivity contribution in [3.63, 3.8) is 0 Å². The molecule has 26 heavy (non-hydrogen) atoms. The van der Waals surface area contributed by atoms with Gasteiger partial charge < -0.3 is 14.8 Å². The molecule has 0 saturated heterocycles. The average Bonchev–Trinajstić information content (AvgIpc) is 3.17. The summed E-state index contributed by atoms with van der Waals surface area (Å²) in [5.74, 6) is 2.25. The number of nitrogens with zero attached hydrogens (tertiary/aromatic N) is 4. The van der Waals surface area contributed by atoms with Gasteiger partial charge in [-0.05, 0) is 53.3 Å². The molecule has 0 spiro atoms. The monoisotopic (exact) mass is 349 g/mol. The number of allylic oxidation sites excluding steroid dienone is 1. The maximum Gasteiger partial charge on any atom is 0.248 e. The molecule has 132 valence electrons. The highest BCUT2D eigenvalue weighted by molar-refractivity contribution is 5.77. The first-order valence-electron chi connectivity index (χ1n) is 8.42. The van der Waals surface area contributed by atoms with Crippen LogP contribution in [-0.4, -0.2) is 33.9 Å². The molecule has 2 heterocycles. The Kier molecular flexibility index (Phi) is 4.27. The summed E-state index contributed by atoms with van der Waals surface area (Å²) in [7, 11) is 1.66. The first-order valence-corrected chi connectivity index (χ1v) is 8.42. The number of anilines is 1. The maximum absolute atomic E-state index is 5.53. The quantitative estimate of drug-likeness (QED) is 0.763. The Labute approximate surface area is 151 Å². The van der Waals surface area contributed by atoms with Crippen LogP contribution >= 0.6 is 0 Å². The lowest BCUT2D eigenvalue weighted by Crippen LogP contribution is -2.20. The number of aromatic nitrogens is 4. The van der Waals surface area contributed by atoms with Crippen LogP contribution in [0.1, 0.15) is 24.1 Å². The van der Waals surface area contributed by atoms with Crippen molar-refractivity contribution in [2.24, 2.45) is 0 Å². The first kappa shape index (κ1) is 16.1. The van der Waals surface area contributed by atoms with Crippen LogP contribution in [0.2, 0.25) is 0 Å². The molecule has 1 aliphatic rings. The number of tetrazole rings is 1. The molecule has 1 atom stereocenters. The molecule has 1 N–H and O–H groups in total. The molecule has 0 amide bonds. The van der Waals surface area contributed by atoms with Crippen LogP contribution in [0, 0.1) is 0 Å². The molecule has 3 aromatic rings. The Balaban J connectivity index is 1.73. The van der Waals surface area contributed by atoms with Crippen molar-refractivity contribution in [1.82, 2.24) is 20.2 Å². The number of fused-ring (bicyclic) bond motifs is 1. The number of hydrogen-bond donors (Lipinski definition) is 1. The second-order valence-electron chi connectivity index (χ2n) is 5.83. The van der Waals surface area contributed by atoms with Gasteiger partial charge in [-0.2, -0.15) is 4.68 Å². The second kappa shape index (κ2) is 6.87. The van der Waals surface area contributed by atoms with E-state index in [0.717, 1.165) is 28.3 Å². The van der Waals surface area contributed by atoms with Crippen LogP contribution in [-0.2, 0) is 0 Å². The minimum Gasteiger partial charge on any atom is -0.497 e. The van der Waals surface area contributed by atoms with E-state index in [1.165, 1.54) is 0 Å². The molecule has 1 aliphatic heterocycles. The second-order valence-corrected chi connectivity index (χ2v) is 5.83. The Morgan fingerprint density at radius 1 is 1.12 bits per heavy atom. The maximum atomic E-state index is 5.53. The smallest absolute Gasteiger partial charge is 0.248 e. The fraction of sp³-hybridized carbons (Fsp3) is 0.211. The van der Waals surface area contributed by atoms with Crippen LogP contribution in [0.3, 0.4) is 0 Å². The predicted octanol–water partition coefficient (Wildman–Crippen LogP) is 3.14. The van der Waals surface area contributed by atoms with E-state index in [0.29, 0.717) is 12.6 Å². The fourth-order valence-electron chi connectivity index (χ4n) is 2.98. The standard InChI is InChI=1S/C19H19N5O2/c1-3-26-15-9-7-13(8-10-15)18-12-17(20-19-21-22-23-24(18)19)14-5-4-6-16(11-14)25-2/h4-12,18H,3H2,1-2H3,(H,20,21,23). The van der Waals surface area contributed by atoms with Crippen molar-refractivity contribution in [3.8, 4) is 11.5 Å². The van der Waals surface area contributed by atoms with Gasteiger partial charge in [0.15, 0.2) is 0 Å². The number of methoxy groups -OCH3 is 1. The summed E-state index contributed by atoms with van der Waals surface area (Å²) in [6, 6.07) is 15.8. The summed E-state index contributed by atoms with van der Waals surface area (Å²) in [4.78, 5) is 0. The van der Waals surface area contributed by atoms with Gasteiger partial charge >= 0.3 is 0 Å². The molecule has 0 fully saturated rings. The lowest BCUT2D eigenvalue weighted by atomic mass is 10.0. The molecular weight excluding hydrogens is 330 g/mol. The Morgan fingerprint density at radius 2 is 1.96 bits per heavy atom. The molecule has 7 nitrogen and oxygen atoms in total. The fourth-order valence-corrected chi connectivity index (χ4v) is 2.98. The average molecular weight is 349 g/mol. The molecule has 2 aromatic carbocycles. The van der Waals surface area contributed by atoms with E-state index in [9.17, 15) is 0 Å². The summed E-state index contributed by atoms with van der Waals surface area (Å²) in [5, 5.41) is 15.3. The van der Waals surface area contributed by atoms with Crippen molar-refractivity contribution in [2.75, 3.05) is 19.0 Å². The Hall–Kier alpha value is -3.35. The van der Waals surface area contributed by atoms with Crippen LogP contribution in [0.15, 0.2) is 54.6 Å². The van der Waals surface area contributed by atoms with Crippen LogP contribution in [0.25, 0.3) is 5.70 Å². The highest BCUT2D eigenvalue weighted by atomic mass is 16.5. The van der Waals surface area contributed by atoms with Crippen molar-refractivity contribution >= 4 is 11.6 Å². The molecule has 0 saturated carbocycles. The normalized spacial score (nSPS) is 15.6. The van der Waals surface area contributed by atoms with Gasteiger partial charge in [0.1, 0.15) is 17.5 Å². The largest absolute Gasteiger partial charge is 0.497 e. The molecule has 1 unspecified atom stereocenters. The molecular formula is C19H19N5O2. The molecule has 0 bridgehead atoms. The zero-order valence-corrected chi connectivity index (χ0v) is 14.6. The minimum atomic E-state index is -0.113. The van der Waals surface area contributed by atoms with E-state index < -0.39 is 0 Å². The summed E-state index contributed by atoms with van der Waals surface area (Å²) < 4.78 is 12.6. The molecule has 1 aromatic heterocycles. The van der Waals surface area contributed by atoms with E-state index in [1.807, 2.05) is 55.5 Å². The van der Waals surface area contributed by atoms with Gasteiger partial charge in [0, 0.05) is 11.3 Å². The Bertz CT molecular complexity index is 933. The number of benzene rings is 2. The highest BCUT2D eigenvalue weighted by Gasteiger charge is 2.24. The zero-order valence-electron chi connectivity index (χ0n) is 14.6. The lowest BCUT2D eigenvalue weighted by molar-refractivity contribution is 0.340. The third-order valence-electron chi connectivity index (χ3n) is 4.24. The van der Waals surface area contributed by atoms with Gasteiger partial charge in [-0.15, -0.1) is 0 Å². The van der Waals surface area contributed by atoms with Crippen LogP contribution < -0.4 is 14.8 Å². The van der Waals surface area contributed by atoms with Crippen LogP contribution in [0.4, 0.5) is 5.95 Å². The minimum absolute atomic E-state index is 0.113. The van der Waals surface area contributed by atoms with Gasteiger partial charge in [0.25, 0.3) is 0 Å². The van der Waals surface area contributed by atoms with Gasteiger partial charge in [-0.25, -0.2) is 0 Å². The SMILES string of the molecule is CCOc1ccc(C2C=C(c3cccc(OC)c3)Nc3nnnn32)cc1. The van der Waals surface area contributed by atoms with Crippen molar-refractivity contribution in [1.29, 1.82) is 0 Å². The predicted molar refractivity (Wildman–Crippen MR) is 98.2 cm³/mol. The van der Waals surface area contributed by atoms with E-state index in [4.69, 9.17) is 9.47 Å². The van der Waals surface area contributed by atoms with E-state index >= 15 is 0 Å². The number of nitrogens with one attached hydrogen (secondary N) is 1. The summed E-state index contributed by atoms with van der Waals surface area (Å²) in [6.07, 6.45) is 2.10. The van der Waals surface area contributed by atoms with Crippen LogP contribution in [0.5, 0.6) is 11.5 Å². The van der Waals surface area contributed by atoms with E-state index in [1.54, 1.807) is 11.8 Å². The van der Waals surface area contributed by atoms with Gasteiger partial charge in [-0.1, -0.05) is 29.4 Å². The Morgan fingerprint density at radius 3 is 2.73 bits per heavy atom. The number of hydrogen-bond acceptors (Lipinski definition) is 6. The summed E-state index contributed by atoms with van der Waals surface area (Å²) in [6.45, 7) is 2.61. The summed E-state index contributed by atoms with van der Waals surface area (Å²) >= 11 is 0. The molecule has 4 rings (SSSR count). The number of ether oxygens (including phenoxy) is 2. The molecule has 0 radical (unpaired) electrons. The third-order valence-corrected chi connectivity index (χ3v) is 4.24. The van der Waals surface area contributed by atoms with Crippen molar-refractivity contribution in [2.45, 2.75) is 13.0 Å². The highest BCUT2D eigenvalue weighted by Crippen LogP contribution is 2.33. The third kappa shape index (κ3) is 2.99. The zero-order chi connectivity index (χ0) is 17.9. The number of rotatable bonds is 5. The lowest BCUT2D eigenvalue weighted by Gasteiger charge is -2.23. The first-order chi connectivity index (χ1) is 12.8. The van der Waals surface area contributed by atoms with Gasteiger partial charge in [0.2, 0.25) is 5.95 Å². The van der Waals surface area contributed by atoms with E-state index in [2.05, 4.69) is 26.9 Å². The van der Waals surface area contributed by atoms with Gasteiger partial charge in [-0.3, -0.25) is 0 Å². The van der Waals surface area contributed by atoms with Crippen molar-refractivity contribution < 1.29 is 9.47 Å². The summed E-state index contributed by atoms with van der Waals surface area (Å²) in [5.41, 5.74) is 3.02. The molecule has 0 aliphatic carbocycles.